The summed E-state index contributed by atoms with van der Waals surface area (Å²) < 4.78 is 68.0. The van der Waals surface area contributed by atoms with E-state index in [4.69, 9.17) is 0 Å². The third-order valence-electron chi connectivity index (χ3n) is 4.40. The average molecular weight is 422 g/mol. The molecule has 3 rings (SSSR count). The van der Waals surface area contributed by atoms with Gasteiger partial charge in [-0.2, -0.15) is 18.4 Å². The molecule has 0 aliphatic rings. The van der Waals surface area contributed by atoms with Crippen LogP contribution in [-0.2, 0) is 6.18 Å². The number of nitrogens with zero attached hydrogens (tertiary/aromatic N) is 3. The molecule has 156 valence electrons. The fourth-order valence-corrected chi connectivity index (χ4v) is 3.09. The van der Waals surface area contributed by atoms with E-state index < -0.39 is 41.6 Å². The Morgan fingerprint density at radius 3 is 2.43 bits per heavy atom. The van der Waals surface area contributed by atoms with E-state index in [1.54, 1.807) is 19.9 Å². The monoisotopic (exact) mass is 422 g/mol. The average Bonchev–Trinajstić information content (AvgIpc) is 3.06. The number of rotatable bonds is 4. The van der Waals surface area contributed by atoms with Gasteiger partial charge in [-0.3, -0.25) is 4.79 Å². The van der Waals surface area contributed by atoms with Crippen molar-refractivity contribution in [2.45, 2.75) is 32.1 Å². The molecule has 3 aromatic rings. The van der Waals surface area contributed by atoms with Crippen molar-refractivity contribution in [3.63, 3.8) is 0 Å². The number of carbonyl (C=O) groups is 1. The second-order valence-electron chi connectivity index (χ2n) is 6.80. The molecule has 0 aliphatic heterocycles. The lowest BCUT2D eigenvalue weighted by Gasteiger charge is -2.15. The van der Waals surface area contributed by atoms with Gasteiger partial charge in [-0.05, 0) is 38.1 Å². The van der Waals surface area contributed by atoms with Crippen LogP contribution in [0.3, 0.4) is 0 Å². The van der Waals surface area contributed by atoms with Gasteiger partial charge in [0, 0.05) is 23.2 Å². The Morgan fingerprint density at radius 1 is 1.17 bits per heavy atom. The molecule has 0 fully saturated rings. The van der Waals surface area contributed by atoms with Crippen molar-refractivity contribution in [2.75, 3.05) is 0 Å². The molecule has 1 aromatic heterocycles. The summed E-state index contributed by atoms with van der Waals surface area (Å²) in [5, 5.41) is 11.5. The molecular formula is C20H15F5N4O. The van der Waals surface area contributed by atoms with E-state index in [1.807, 2.05) is 0 Å². The number of imidazole rings is 1. The molecule has 2 aromatic carbocycles. The first-order chi connectivity index (χ1) is 14.0. The molecule has 0 radical (unpaired) electrons. The van der Waals surface area contributed by atoms with Gasteiger partial charge in [-0.15, -0.1) is 0 Å². The first-order valence-corrected chi connectivity index (χ1v) is 8.77. The fourth-order valence-electron chi connectivity index (χ4n) is 3.09. The molecule has 0 saturated carbocycles. The van der Waals surface area contributed by atoms with Gasteiger partial charge in [0.15, 0.2) is 0 Å². The minimum absolute atomic E-state index is 0.0508. The van der Waals surface area contributed by atoms with E-state index in [0.717, 1.165) is 22.8 Å². The summed E-state index contributed by atoms with van der Waals surface area (Å²) in [7, 11) is 0. The van der Waals surface area contributed by atoms with Crippen LogP contribution in [0.5, 0.6) is 0 Å². The van der Waals surface area contributed by atoms with Crippen LogP contribution in [0.15, 0.2) is 36.4 Å². The molecule has 1 unspecified atom stereocenters. The van der Waals surface area contributed by atoms with Gasteiger partial charge < -0.3 is 9.88 Å². The highest BCUT2D eigenvalue weighted by molar-refractivity contribution is 5.97. The predicted molar refractivity (Wildman–Crippen MR) is 97.3 cm³/mol. The van der Waals surface area contributed by atoms with Crippen molar-refractivity contribution >= 4 is 16.9 Å². The van der Waals surface area contributed by atoms with Crippen LogP contribution in [0.1, 0.15) is 47.7 Å². The summed E-state index contributed by atoms with van der Waals surface area (Å²) in [6.07, 6.45) is -4.68. The molecule has 1 N–H and O–H groups in total. The number of carbonyl (C=O) groups excluding carboxylic acids is 1. The second kappa shape index (κ2) is 7.74. The Labute approximate surface area is 167 Å². The molecule has 0 aliphatic carbocycles. The quantitative estimate of drug-likeness (QED) is 0.608. The van der Waals surface area contributed by atoms with E-state index in [0.29, 0.717) is 6.07 Å². The van der Waals surface area contributed by atoms with Gasteiger partial charge in [0.05, 0.1) is 17.1 Å². The number of hydrogen-bond acceptors (Lipinski definition) is 3. The number of amides is 1. The number of hydrogen-bond donors (Lipinski definition) is 1. The smallest absolute Gasteiger partial charge is 0.332 e. The molecule has 1 amide bonds. The Kier molecular flexibility index (Phi) is 5.48. The summed E-state index contributed by atoms with van der Waals surface area (Å²) in [5.74, 6) is -3.76. The normalized spacial score (nSPS) is 12.8. The molecule has 0 spiro atoms. The minimum atomic E-state index is -4.68. The van der Waals surface area contributed by atoms with Crippen molar-refractivity contribution in [2.24, 2.45) is 0 Å². The fraction of sp³-hybridized carbons (Fsp3) is 0.250. The van der Waals surface area contributed by atoms with Gasteiger partial charge >= 0.3 is 6.18 Å². The maximum absolute atomic E-state index is 13.9. The summed E-state index contributed by atoms with van der Waals surface area (Å²) in [5.41, 5.74) is -0.162. The first kappa shape index (κ1) is 21.2. The van der Waals surface area contributed by atoms with Crippen LogP contribution in [0.4, 0.5) is 22.0 Å². The zero-order valence-corrected chi connectivity index (χ0v) is 15.8. The van der Waals surface area contributed by atoms with Gasteiger partial charge in [-0.1, -0.05) is 6.07 Å². The van der Waals surface area contributed by atoms with Crippen molar-refractivity contribution in [1.29, 1.82) is 5.26 Å². The van der Waals surface area contributed by atoms with Gasteiger partial charge in [-0.25, -0.2) is 13.8 Å². The maximum Gasteiger partial charge on any atom is 0.449 e. The third-order valence-corrected chi connectivity index (χ3v) is 4.40. The lowest BCUT2D eigenvalue weighted by molar-refractivity contribution is -0.147. The van der Waals surface area contributed by atoms with Crippen molar-refractivity contribution in [1.82, 2.24) is 14.9 Å². The summed E-state index contributed by atoms with van der Waals surface area (Å²) in [6, 6.07) is 6.07. The maximum atomic E-state index is 13.9. The lowest BCUT2D eigenvalue weighted by Crippen LogP contribution is -2.28. The number of benzene rings is 2. The molecule has 30 heavy (non-hydrogen) atoms. The van der Waals surface area contributed by atoms with E-state index in [-0.39, 0.29) is 22.2 Å². The first-order valence-electron chi connectivity index (χ1n) is 8.77. The highest BCUT2D eigenvalue weighted by Gasteiger charge is 2.38. The van der Waals surface area contributed by atoms with Crippen molar-refractivity contribution in [3.8, 4) is 6.07 Å². The number of aromatic nitrogens is 2. The van der Waals surface area contributed by atoms with Crippen LogP contribution in [0.2, 0.25) is 0 Å². The number of alkyl halides is 3. The zero-order chi connectivity index (χ0) is 22.2. The van der Waals surface area contributed by atoms with E-state index in [2.05, 4.69) is 10.3 Å². The van der Waals surface area contributed by atoms with Crippen LogP contribution in [0, 0.1) is 23.0 Å². The molecular weight excluding hydrogens is 407 g/mol. The Morgan fingerprint density at radius 2 is 1.87 bits per heavy atom. The third kappa shape index (κ3) is 3.96. The van der Waals surface area contributed by atoms with Gasteiger partial charge in [0.1, 0.15) is 17.7 Å². The van der Waals surface area contributed by atoms with Crippen molar-refractivity contribution < 1.29 is 26.7 Å². The van der Waals surface area contributed by atoms with Gasteiger partial charge in [0.2, 0.25) is 5.82 Å². The van der Waals surface area contributed by atoms with Gasteiger partial charge in [0.25, 0.3) is 5.91 Å². The predicted octanol–water partition coefficient (Wildman–Crippen LogP) is 4.91. The number of nitrogens with one attached hydrogen (secondary N) is 1. The SMILES string of the molecule is CC(C)n1c(C(F)(F)F)nc2cc(C(=O)NC(C#N)c3ccc(F)cc3F)ccc21. The summed E-state index contributed by atoms with van der Waals surface area (Å²) in [4.78, 5) is 16.1. The molecule has 0 saturated heterocycles. The van der Waals surface area contributed by atoms with Crippen molar-refractivity contribution in [3.05, 3.63) is 65.0 Å². The van der Waals surface area contributed by atoms with E-state index >= 15 is 0 Å². The Hall–Kier alpha value is -3.48. The summed E-state index contributed by atoms with van der Waals surface area (Å²) >= 11 is 0. The number of halogens is 5. The van der Waals surface area contributed by atoms with Crippen LogP contribution in [-0.4, -0.2) is 15.5 Å². The Balaban J connectivity index is 1.96. The van der Waals surface area contributed by atoms with Crippen LogP contribution >= 0.6 is 0 Å². The molecule has 5 nitrogen and oxygen atoms in total. The number of fused-ring (bicyclic) bond motifs is 1. The molecule has 1 atom stereocenters. The zero-order valence-electron chi connectivity index (χ0n) is 15.8. The van der Waals surface area contributed by atoms with E-state index in [1.165, 1.54) is 12.1 Å². The van der Waals surface area contributed by atoms with Crippen LogP contribution in [0.25, 0.3) is 11.0 Å². The Bertz CT molecular complexity index is 1160. The highest BCUT2D eigenvalue weighted by Crippen LogP contribution is 2.34. The molecule has 10 heteroatoms. The number of nitriles is 1. The topological polar surface area (TPSA) is 70.7 Å². The second-order valence-corrected chi connectivity index (χ2v) is 6.80. The van der Waals surface area contributed by atoms with E-state index in [9.17, 15) is 32.0 Å². The lowest BCUT2D eigenvalue weighted by atomic mass is 10.1. The molecule has 0 bridgehead atoms. The minimum Gasteiger partial charge on any atom is -0.332 e. The summed E-state index contributed by atoms with van der Waals surface area (Å²) in [6.45, 7) is 3.15. The van der Waals surface area contributed by atoms with Crippen LogP contribution < -0.4 is 5.32 Å². The molecule has 1 heterocycles. The largest absolute Gasteiger partial charge is 0.449 e. The standard InChI is InChI=1S/C20H15F5N4O/c1-10(2)29-17-6-3-11(7-15(17)28-19(29)20(23,24)25)18(30)27-16(9-26)13-5-4-12(21)8-14(13)22/h3-8,10,16H,1-2H3,(H,27,30). The highest BCUT2D eigenvalue weighted by atomic mass is 19.4.